The Morgan fingerprint density at radius 2 is 2.50 bits per heavy atom. The molecule has 0 spiro atoms. The van der Waals surface area contributed by atoms with Crippen molar-refractivity contribution >= 4 is 13.6 Å². The Morgan fingerprint density at radius 3 is 2.62 bits per heavy atom. The van der Waals surface area contributed by atoms with Crippen molar-refractivity contribution in [3.05, 3.63) is 5.53 Å². The first-order valence-electron chi connectivity index (χ1n) is 1.69. The van der Waals surface area contributed by atoms with E-state index in [0.717, 1.165) is 7.11 Å². The quantitative estimate of drug-likeness (QED) is 0.252. The standard InChI is InChI=1S/C2H5N2O3P/c1-7-8(5,6)2-4-3/h2H,1H3,(H,5,6). The van der Waals surface area contributed by atoms with Gasteiger partial charge in [0.25, 0.3) is 0 Å². The molecule has 6 heteroatoms. The van der Waals surface area contributed by atoms with Gasteiger partial charge in [-0.1, -0.05) is 0 Å². The van der Waals surface area contributed by atoms with Crippen molar-refractivity contribution in [3.63, 3.8) is 0 Å². The lowest BCUT2D eigenvalue weighted by Crippen LogP contribution is -1.83. The summed E-state index contributed by atoms with van der Waals surface area (Å²) >= 11 is 0. The maximum atomic E-state index is 10.2. The summed E-state index contributed by atoms with van der Waals surface area (Å²) in [7, 11) is -2.67. The highest BCUT2D eigenvalue weighted by Crippen LogP contribution is 2.35. The third-order valence-corrected chi connectivity index (χ3v) is 1.38. The summed E-state index contributed by atoms with van der Waals surface area (Å²) in [5.74, 6) is 0.438. The van der Waals surface area contributed by atoms with Gasteiger partial charge in [0.15, 0.2) is 0 Å². The maximum absolute atomic E-state index is 10.2. The Morgan fingerprint density at radius 1 is 2.00 bits per heavy atom. The molecule has 0 heterocycles. The van der Waals surface area contributed by atoms with E-state index in [-0.39, 0.29) is 0 Å². The van der Waals surface area contributed by atoms with E-state index in [4.69, 9.17) is 10.4 Å². The van der Waals surface area contributed by atoms with Crippen LogP contribution in [0.15, 0.2) is 0 Å². The van der Waals surface area contributed by atoms with Gasteiger partial charge >= 0.3 is 13.6 Å². The second-order valence-electron chi connectivity index (χ2n) is 0.978. The Kier molecular flexibility index (Phi) is 2.58. The van der Waals surface area contributed by atoms with Crippen LogP contribution in [0.2, 0.25) is 0 Å². The van der Waals surface area contributed by atoms with Gasteiger partial charge in [0.1, 0.15) is 0 Å². The van der Waals surface area contributed by atoms with Gasteiger partial charge in [0.2, 0.25) is 0 Å². The number of hydrogen-bond acceptors (Lipinski definition) is 2. The van der Waals surface area contributed by atoms with E-state index in [0.29, 0.717) is 5.96 Å². The summed E-state index contributed by atoms with van der Waals surface area (Å²) in [5, 5.41) is 0. The third-order valence-electron chi connectivity index (χ3n) is 0.459. The van der Waals surface area contributed by atoms with Gasteiger partial charge in [-0.2, -0.15) is 4.79 Å². The molecule has 46 valence electrons. The van der Waals surface area contributed by atoms with E-state index < -0.39 is 7.60 Å². The Hall–Kier alpha value is -0.470. The number of hydrogen-bond donors (Lipinski definition) is 1. The minimum absolute atomic E-state index is 0.438. The van der Waals surface area contributed by atoms with Crippen molar-refractivity contribution in [1.82, 2.24) is 0 Å². The summed E-state index contributed by atoms with van der Waals surface area (Å²) in [6.07, 6.45) is 0. The lowest BCUT2D eigenvalue weighted by molar-refractivity contribution is 0.00537. The highest BCUT2D eigenvalue weighted by molar-refractivity contribution is 7.68. The van der Waals surface area contributed by atoms with E-state index in [1.165, 1.54) is 0 Å². The van der Waals surface area contributed by atoms with Crippen LogP contribution in [0.3, 0.4) is 0 Å². The van der Waals surface area contributed by atoms with E-state index in [1.54, 1.807) is 0 Å². The van der Waals surface area contributed by atoms with Gasteiger partial charge in [0, 0.05) is 7.11 Å². The predicted octanol–water partition coefficient (Wildman–Crippen LogP) is 0.0763. The normalized spacial score (nSPS) is 16.2. The molecule has 0 saturated carbocycles. The first-order valence-corrected chi connectivity index (χ1v) is 3.34. The molecule has 8 heavy (non-hydrogen) atoms. The van der Waals surface area contributed by atoms with Crippen LogP contribution in [0.25, 0.3) is 5.53 Å². The Balaban J connectivity index is 4.14. The van der Waals surface area contributed by atoms with E-state index >= 15 is 0 Å². The van der Waals surface area contributed by atoms with E-state index in [2.05, 4.69) is 9.31 Å². The van der Waals surface area contributed by atoms with Crippen molar-refractivity contribution in [2.24, 2.45) is 0 Å². The zero-order chi connectivity index (χ0) is 6.62. The Labute approximate surface area is 46.1 Å². The monoisotopic (exact) mass is 136 g/mol. The van der Waals surface area contributed by atoms with Gasteiger partial charge in [-0.05, 0) is 0 Å². The average Bonchev–Trinajstić information content (AvgIpc) is 1.67. The van der Waals surface area contributed by atoms with Crippen LogP contribution in [0.4, 0.5) is 0 Å². The van der Waals surface area contributed by atoms with Gasteiger partial charge in [-0.25, -0.2) is 4.57 Å². The number of nitrogens with zero attached hydrogens (tertiary/aromatic N) is 2. The first kappa shape index (κ1) is 7.53. The van der Waals surface area contributed by atoms with E-state index in [1.807, 2.05) is 0 Å². The molecule has 0 aliphatic carbocycles. The summed E-state index contributed by atoms with van der Waals surface area (Å²) in [4.78, 5) is 10.7. The fraction of sp³-hybridized carbons (Fsp3) is 0.500. The Bertz CT molecular complexity index is 161. The van der Waals surface area contributed by atoms with Crippen LogP contribution in [-0.4, -0.2) is 22.7 Å². The smallest absolute Gasteiger partial charge is 0.361 e. The molecule has 0 aliphatic rings. The zero-order valence-corrected chi connectivity index (χ0v) is 5.08. The predicted molar refractivity (Wildman–Crippen MR) is 26.5 cm³/mol. The number of rotatable bonds is 2. The van der Waals surface area contributed by atoms with Crippen LogP contribution in [0.5, 0.6) is 0 Å². The second kappa shape index (κ2) is 2.74. The van der Waals surface area contributed by atoms with Gasteiger partial charge in [0.05, 0.1) is 0 Å². The molecule has 0 radical (unpaired) electrons. The molecule has 0 aromatic heterocycles. The molecule has 0 amide bonds. The topological polar surface area (TPSA) is 82.9 Å². The van der Waals surface area contributed by atoms with Crippen molar-refractivity contribution in [3.8, 4) is 0 Å². The lowest BCUT2D eigenvalue weighted by Gasteiger charge is -1.92. The van der Waals surface area contributed by atoms with E-state index in [9.17, 15) is 4.57 Å². The largest absolute Gasteiger partial charge is 0.431 e. The van der Waals surface area contributed by atoms with Crippen LogP contribution < -0.4 is 0 Å². The minimum atomic E-state index is -3.72. The molecule has 0 saturated heterocycles. The zero-order valence-electron chi connectivity index (χ0n) is 4.18. The molecule has 1 N–H and O–H groups in total. The third kappa shape index (κ3) is 2.66. The molecule has 0 aromatic carbocycles. The fourth-order valence-corrected chi connectivity index (χ4v) is 0.337. The van der Waals surface area contributed by atoms with Gasteiger partial charge in [-0.15, -0.1) is 0 Å². The molecule has 0 bridgehead atoms. The second-order valence-corrected chi connectivity index (χ2v) is 2.70. The van der Waals surface area contributed by atoms with Crippen molar-refractivity contribution in [1.29, 1.82) is 0 Å². The van der Waals surface area contributed by atoms with Crippen molar-refractivity contribution < 1.29 is 18.8 Å². The maximum Gasteiger partial charge on any atom is 0.431 e. The fourth-order valence-electron chi connectivity index (χ4n) is 0.112. The molecule has 1 atom stereocenters. The first-order chi connectivity index (χ1) is 3.62. The molecule has 0 rings (SSSR count). The highest BCUT2D eigenvalue weighted by atomic mass is 31.2. The van der Waals surface area contributed by atoms with Gasteiger partial charge < -0.3 is 14.9 Å². The summed E-state index contributed by atoms with van der Waals surface area (Å²) in [5.41, 5.74) is 7.69. The van der Waals surface area contributed by atoms with Crippen molar-refractivity contribution in [2.45, 2.75) is 0 Å². The summed E-state index contributed by atoms with van der Waals surface area (Å²) in [6, 6.07) is 0. The van der Waals surface area contributed by atoms with Gasteiger partial charge in [-0.3, -0.25) is 0 Å². The van der Waals surface area contributed by atoms with Crippen molar-refractivity contribution in [2.75, 3.05) is 7.11 Å². The van der Waals surface area contributed by atoms with Crippen LogP contribution >= 0.6 is 7.60 Å². The summed E-state index contributed by atoms with van der Waals surface area (Å²) in [6.45, 7) is 0. The summed E-state index contributed by atoms with van der Waals surface area (Å²) < 4.78 is 14.2. The molecule has 0 aromatic rings. The van der Waals surface area contributed by atoms with Crippen LogP contribution in [0, 0.1) is 0 Å². The van der Waals surface area contributed by atoms with Crippen LogP contribution in [0.1, 0.15) is 0 Å². The SMILES string of the molecule is COP(=O)(O)C=[N+]=[N-]. The molecule has 5 nitrogen and oxygen atoms in total. The molecule has 0 aliphatic heterocycles. The highest BCUT2D eigenvalue weighted by Gasteiger charge is 2.18. The molecule has 1 unspecified atom stereocenters. The molecular formula is C2H5N2O3P. The van der Waals surface area contributed by atoms with Crippen LogP contribution in [-0.2, 0) is 9.09 Å². The lowest BCUT2D eigenvalue weighted by atomic mass is 11.7. The molecule has 0 fully saturated rings. The minimum Gasteiger partial charge on any atom is -0.361 e. The average molecular weight is 136 g/mol. The molecular weight excluding hydrogens is 131 g/mol.